The molecule has 1 aromatic carbocycles. The van der Waals surface area contributed by atoms with E-state index in [-0.39, 0.29) is 11.9 Å². The number of nitrogens with one attached hydrogen (secondary N) is 2. The summed E-state index contributed by atoms with van der Waals surface area (Å²) in [5.41, 5.74) is 1.84. The highest BCUT2D eigenvalue weighted by Gasteiger charge is 2.28. The van der Waals surface area contributed by atoms with Gasteiger partial charge in [0, 0.05) is 6.61 Å². The fourth-order valence-electron chi connectivity index (χ4n) is 3.00. The highest BCUT2D eigenvalue weighted by atomic mass is 32.2. The van der Waals surface area contributed by atoms with Gasteiger partial charge < -0.3 is 14.6 Å². The Morgan fingerprint density at radius 1 is 1.27 bits per heavy atom. The van der Waals surface area contributed by atoms with Gasteiger partial charge in [0.1, 0.15) is 6.54 Å². The number of aromatic nitrogens is 2. The number of hydrogen-bond donors (Lipinski definition) is 2. The van der Waals surface area contributed by atoms with Crippen molar-refractivity contribution in [1.29, 1.82) is 0 Å². The molecule has 30 heavy (non-hydrogen) atoms. The number of carbonyl (C=O) groups is 2. The molecule has 2 N–H and O–H groups in total. The van der Waals surface area contributed by atoms with E-state index in [0.29, 0.717) is 18.3 Å². The van der Waals surface area contributed by atoms with Crippen molar-refractivity contribution in [3.63, 3.8) is 0 Å². The van der Waals surface area contributed by atoms with Gasteiger partial charge in [-0.15, -0.1) is 0 Å². The number of benzene rings is 1. The Balaban J connectivity index is 1.64. The van der Waals surface area contributed by atoms with E-state index in [0.717, 1.165) is 35.9 Å². The highest BCUT2D eigenvalue weighted by molar-refractivity contribution is 7.99. The van der Waals surface area contributed by atoms with E-state index in [1.807, 2.05) is 40.2 Å². The first-order chi connectivity index (χ1) is 14.3. The molecule has 11 heteroatoms. The Morgan fingerprint density at radius 2 is 2.03 bits per heavy atom. The quantitative estimate of drug-likeness (QED) is 0.644. The second-order valence-corrected chi connectivity index (χ2v) is 7.61. The molecular formula is C19H21F3N4O3S. The van der Waals surface area contributed by atoms with Crippen LogP contribution in [0.25, 0.3) is 11.3 Å². The van der Waals surface area contributed by atoms with Gasteiger partial charge in [-0.25, -0.2) is 9.78 Å². The summed E-state index contributed by atoms with van der Waals surface area (Å²) in [6, 6.07) is 8.46. The summed E-state index contributed by atoms with van der Waals surface area (Å²) in [6.07, 6.45) is -0.881. The minimum Gasteiger partial charge on any atom is -0.376 e. The second kappa shape index (κ2) is 9.98. The summed E-state index contributed by atoms with van der Waals surface area (Å²) in [7, 11) is 0. The molecule has 0 spiro atoms. The van der Waals surface area contributed by atoms with Crippen LogP contribution in [0.5, 0.6) is 0 Å². The van der Waals surface area contributed by atoms with E-state index in [1.165, 1.54) is 0 Å². The molecule has 0 saturated carbocycles. The van der Waals surface area contributed by atoms with Crippen LogP contribution >= 0.6 is 11.8 Å². The maximum absolute atomic E-state index is 12.1. The van der Waals surface area contributed by atoms with Crippen LogP contribution in [-0.2, 0) is 16.1 Å². The average Bonchev–Trinajstić information content (AvgIpc) is 3.35. The lowest BCUT2D eigenvalue weighted by Crippen LogP contribution is -2.43. The monoisotopic (exact) mass is 442 g/mol. The van der Waals surface area contributed by atoms with E-state index < -0.39 is 24.7 Å². The number of urea groups is 1. The molecular weight excluding hydrogens is 421 g/mol. The van der Waals surface area contributed by atoms with Gasteiger partial charge in [0.2, 0.25) is 5.91 Å². The van der Waals surface area contributed by atoms with Crippen molar-refractivity contribution in [2.75, 3.05) is 18.9 Å². The topological polar surface area (TPSA) is 85.2 Å². The zero-order valence-corrected chi connectivity index (χ0v) is 16.8. The largest absolute Gasteiger partial charge is 0.405 e. The third-order valence-electron chi connectivity index (χ3n) is 4.33. The SMILES string of the molecule is O=C(CSc1ncc(-c2ccccc2)n1CC1CCCO1)NC(=O)NCC(F)(F)F. The summed E-state index contributed by atoms with van der Waals surface area (Å²) in [6.45, 7) is -0.232. The first-order valence-corrected chi connectivity index (χ1v) is 10.3. The van der Waals surface area contributed by atoms with E-state index in [2.05, 4.69) is 4.98 Å². The molecule has 1 aliphatic heterocycles. The number of carbonyl (C=O) groups excluding carboxylic acids is 2. The van der Waals surface area contributed by atoms with E-state index >= 15 is 0 Å². The molecule has 2 aromatic rings. The van der Waals surface area contributed by atoms with Crippen LogP contribution in [0.15, 0.2) is 41.7 Å². The lowest BCUT2D eigenvalue weighted by atomic mass is 10.1. The number of rotatable bonds is 7. The molecule has 2 heterocycles. The summed E-state index contributed by atoms with van der Waals surface area (Å²) < 4.78 is 44.1. The fourth-order valence-corrected chi connectivity index (χ4v) is 3.79. The van der Waals surface area contributed by atoms with E-state index in [9.17, 15) is 22.8 Å². The van der Waals surface area contributed by atoms with E-state index in [4.69, 9.17) is 4.74 Å². The summed E-state index contributed by atoms with van der Waals surface area (Å²) in [5.74, 6) is -0.886. The van der Waals surface area contributed by atoms with Crippen LogP contribution in [0.3, 0.4) is 0 Å². The molecule has 0 bridgehead atoms. The average molecular weight is 442 g/mol. The van der Waals surface area contributed by atoms with Gasteiger partial charge in [0.15, 0.2) is 5.16 Å². The number of alkyl halides is 3. The van der Waals surface area contributed by atoms with Crippen LogP contribution in [0.2, 0.25) is 0 Å². The standard InChI is InChI=1S/C19H21F3N4O3S/c20-19(21,22)12-24-17(28)25-16(27)11-30-18-23-9-15(13-5-2-1-3-6-13)26(18)10-14-7-4-8-29-14/h1-3,5-6,9,14H,4,7-8,10-12H2,(H2,24,25,27,28). The number of imide groups is 1. The number of amides is 3. The predicted molar refractivity (Wildman–Crippen MR) is 105 cm³/mol. The molecule has 1 fully saturated rings. The van der Waals surface area contributed by atoms with Gasteiger partial charge in [-0.05, 0) is 18.4 Å². The molecule has 3 amide bonds. The van der Waals surface area contributed by atoms with Crippen LogP contribution in [0.1, 0.15) is 12.8 Å². The molecule has 1 unspecified atom stereocenters. The van der Waals surface area contributed by atoms with Crippen molar-refractivity contribution in [2.45, 2.75) is 36.8 Å². The van der Waals surface area contributed by atoms with Gasteiger partial charge in [0.05, 0.1) is 30.3 Å². The van der Waals surface area contributed by atoms with Crippen molar-refractivity contribution in [3.8, 4) is 11.3 Å². The number of imidazole rings is 1. The first-order valence-electron chi connectivity index (χ1n) is 9.31. The Hall–Kier alpha value is -2.53. The summed E-state index contributed by atoms with van der Waals surface area (Å²) in [4.78, 5) is 27.8. The van der Waals surface area contributed by atoms with Gasteiger partial charge in [-0.1, -0.05) is 42.1 Å². The number of ether oxygens (including phenoxy) is 1. The lowest BCUT2D eigenvalue weighted by Gasteiger charge is -2.16. The normalized spacial score (nSPS) is 16.4. The predicted octanol–water partition coefficient (Wildman–Crippen LogP) is 3.21. The first kappa shape index (κ1) is 22.2. The van der Waals surface area contributed by atoms with Crippen LogP contribution in [-0.4, -0.2) is 52.7 Å². The van der Waals surface area contributed by atoms with Gasteiger partial charge >= 0.3 is 12.2 Å². The molecule has 1 saturated heterocycles. The summed E-state index contributed by atoms with van der Waals surface area (Å²) in [5, 5.41) is 4.04. The molecule has 0 radical (unpaired) electrons. The van der Waals surface area contributed by atoms with Crippen molar-refractivity contribution >= 4 is 23.7 Å². The number of thioether (sulfide) groups is 1. The Bertz CT molecular complexity index is 868. The lowest BCUT2D eigenvalue weighted by molar-refractivity contribution is -0.124. The van der Waals surface area contributed by atoms with Crippen molar-refractivity contribution in [3.05, 3.63) is 36.5 Å². The molecule has 7 nitrogen and oxygen atoms in total. The van der Waals surface area contributed by atoms with Crippen molar-refractivity contribution in [1.82, 2.24) is 20.2 Å². The Labute approximate surface area is 175 Å². The minimum atomic E-state index is -4.55. The summed E-state index contributed by atoms with van der Waals surface area (Å²) >= 11 is 1.10. The smallest absolute Gasteiger partial charge is 0.376 e. The second-order valence-electron chi connectivity index (χ2n) is 6.67. The third-order valence-corrected chi connectivity index (χ3v) is 5.32. The van der Waals surface area contributed by atoms with Crippen LogP contribution in [0.4, 0.5) is 18.0 Å². The van der Waals surface area contributed by atoms with Crippen LogP contribution < -0.4 is 10.6 Å². The number of hydrogen-bond acceptors (Lipinski definition) is 5. The highest BCUT2D eigenvalue weighted by Crippen LogP contribution is 2.28. The number of halogens is 3. The zero-order valence-electron chi connectivity index (χ0n) is 15.9. The molecule has 1 aliphatic rings. The minimum absolute atomic E-state index is 0.0444. The molecule has 1 atom stereocenters. The van der Waals surface area contributed by atoms with E-state index in [1.54, 1.807) is 11.5 Å². The Kier molecular flexibility index (Phi) is 7.38. The molecule has 162 valence electrons. The van der Waals surface area contributed by atoms with Gasteiger partial charge in [0.25, 0.3) is 0 Å². The molecule has 0 aliphatic carbocycles. The number of nitrogens with zero attached hydrogens (tertiary/aromatic N) is 2. The zero-order chi connectivity index (χ0) is 21.6. The molecule has 1 aromatic heterocycles. The Morgan fingerprint density at radius 3 is 2.70 bits per heavy atom. The van der Waals surface area contributed by atoms with Crippen molar-refractivity contribution in [2.24, 2.45) is 0 Å². The third kappa shape index (κ3) is 6.49. The maximum Gasteiger partial charge on any atom is 0.405 e. The molecule has 3 rings (SSSR count). The van der Waals surface area contributed by atoms with Crippen LogP contribution in [0, 0.1) is 0 Å². The maximum atomic E-state index is 12.1. The van der Waals surface area contributed by atoms with Crippen molar-refractivity contribution < 1.29 is 27.5 Å². The van der Waals surface area contributed by atoms with Gasteiger partial charge in [-0.2, -0.15) is 13.2 Å². The fraction of sp³-hybridized carbons (Fsp3) is 0.421. The van der Waals surface area contributed by atoms with Gasteiger partial charge in [-0.3, -0.25) is 10.1 Å².